The maximum absolute atomic E-state index is 13.1. The molecule has 1 aliphatic heterocycles. The van der Waals surface area contributed by atoms with Gasteiger partial charge in [0.2, 0.25) is 0 Å². The molecule has 1 aromatic rings. The van der Waals surface area contributed by atoms with Crippen molar-refractivity contribution in [2.45, 2.75) is 51.2 Å². The number of aliphatic hydroxyl groups excluding tert-OH is 1. The van der Waals surface area contributed by atoms with Crippen LogP contribution in [0, 0.1) is 12.8 Å². The van der Waals surface area contributed by atoms with Crippen LogP contribution in [0.1, 0.15) is 57.8 Å². The summed E-state index contributed by atoms with van der Waals surface area (Å²) in [5.41, 5.74) is 2.99. The van der Waals surface area contributed by atoms with Gasteiger partial charge in [0.05, 0.1) is 18.8 Å². The summed E-state index contributed by atoms with van der Waals surface area (Å²) in [6.07, 6.45) is 3.86. The summed E-state index contributed by atoms with van der Waals surface area (Å²) < 4.78 is 5.81. The number of fused-ring (bicyclic) bond motifs is 2. The van der Waals surface area contributed by atoms with Crippen LogP contribution >= 0.6 is 0 Å². The van der Waals surface area contributed by atoms with Gasteiger partial charge in [-0.3, -0.25) is 9.59 Å². The van der Waals surface area contributed by atoms with E-state index in [0.29, 0.717) is 25.3 Å². The van der Waals surface area contributed by atoms with Crippen molar-refractivity contribution in [3.05, 3.63) is 22.5 Å². The molecule has 4 rings (SSSR count). The Balaban J connectivity index is 1.63. The number of morpholine rings is 1. The SMILES string of the molecule is Cc1c(C(=O)N2CCO[C@H]3C[C@H](CO)C[C@@H]32)[nH]c2c1C(=O)CCC2. The normalized spacial score (nSPS) is 29.5. The molecule has 24 heavy (non-hydrogen) atoms. The van der Waals surface area contributed by atoms with Crippen molar-refractivity contribution in [2.75, 3.05) is 19.8 Å². The van der Waals surface area contributed by atoms with Crippen molar-refractivity contribution >= 4 is 11.7 Å². The van der Waals surface area contributed by atoms with Gasteiger partial charge in [0.15, 0.2) is 5.78 Å². The van der Waals surface area contributed by atoms with Gasteiger partial charge in [-0.25, -0.2) is 0 Å². The molecule has 0 spiro atoms. The maximum Gasteiger partial charge on any atom is 0.270 e. The van der Waals surface area contributed by atoms with Crippen LogP contribution in [-0.2, 0) is 11.2 Å². The van der Waals surface area contributed by atoms with Crippen molar-refractivity contribution in [3.63, 3.8) is 0 Å². The van der Waals surface area contributed by atoms with Gasteiger partial charge in [-0.15, -0.1) is 0 Å². The highest BCUT2D eigenvalue weighted by Gasteiger charge is 2.43. The van der Waals surface area contributed by atoms with Crippen molar-refractivity contribution in [1.82, 2.24) is 9.88 Å². The van der Waals surface area contributed by atoms with Crippen molar-refractivity contribution in [2.24, 2.45) is 5.92 Å². The van der Waals surface area contributed by atoms with E-state index in [1.54, 1.807) is 0 Å². The third-order valence-corrected chi connectivity index (χ3v) is 5.80. The summed E-state index contributed by atoms with van der Waals surface area (Å²) in [4.78, 5) is 30.5. The predicted molar refractivity (Wildman–Crippen MR) is 87.2 cm³/mol. The van der Waals surface area contributed by atoms with E-state index >= 15 is 0 Å². The molecule has 3 atom stereocenters. The number of rotatable bonds is 2. The molecule has 0 unspecified atom stereocenters. The highest BCUT2D eigenvalue weighted by Crippen LogP contribution is 2.35. The molecular formula is C18H24N2O4. The van der Waals surface area contributed by atoms with Crippen LogP contribution in [-0.4, -0.2) is 58.6 Å². The number of H-pyrrole nitrogens is 1. The van der Waals surface area contributed by atoms with E-state index in [-0.39, 0.29) is 36.4 Å². The zero-order valence-electron chi connectivity index (χ0n) is 14.0. The number of amides is 1. The zero-order chi connectivity index (χ0) is 16.8. The van der Waals surface area contributed by atoms with Crippen LogP contribution in [0.2, 0.25) is 0 Å². The van der Waals surface area contributed by atoms with Crippen LogP contribution in [0.25, 0.3) is 0 Å². The Morgan fingerprint density at radius 3 is 2.96 bits per heavy atom. The molecule has 130 valence electrons. The summed E-state index contributed by atoms with van der Waals surface area (Å²) in [5.74, 6) is 0.310. The minimum absolute atomic E-state index is 0.0198. The highest BCUT2D eigenvalue weighted by molar-refractivity contribution is 6.04. The number of ether oxygens (including phenoxy) is 1. The average Bonchev–Trinajstić information content (AvgIpc) is 3.15. The molecule has 3 aliphatic rings. The van der Waals surface area contributed by atoms with Crippen LogP contribution in [0.4, 0.5) is 0 Å². The monoisotopic (exact) mass is 332 g/mol. The molecule has 1 saturated heterocycles. The van der Waals surface area contributed by atoms with Gasteiger partial charge in [-0.2, -0.15) is 0 Å². The lowest BCUT2D eigenvalue weighted by molar-refractivity contribution is -0.0450. The van der Waals surface area contributed by atoms with E-state index in [4.69, 9.17) is 4.74 Å². The lowest BCUT2D eigenvalue weighted by atomic mass is 9.93. The van der Waals surface area contributed by atoms with Gasteiger partial charge >= 0.3 is 0 Å². The number of aryl methyl sites for hydroxylation is 1. The Morgan fingerprint density at radius 1 is 1.38 bits per heavy atom. The first-order valence-corrected chi connectivity index (χ1v) is 8.88. The Bertz CT molecular complexity index is 681. The van der Waals surface area contributed by atoms with Crippen LogP contribution in [0.3, 0.4) is 0 Å². The second-order valence-corrected chi connectivity index (χ2v) is 7.25. The first kappa shape index (κ1) is 15.8. The molecule has 0 radical (unpaired) electrons. The Morgan fingerprint density at radius 2 is 2.21 bits per heavy atom. The fourth-order valence-corrected chi connectivity index (χ4v) is 4.58. The minimum Gasteiger partial charge on any atom is -0.396 e. The van der Waals surface area contributed by atoms with E-state index in [1.165, 1.54) is 0 Å². The molecule has 1 saturated carbocycles. The number of nitrogens with one attached hydrogen (secondary N) is 1. The number of hydrogen-bond acceptors (Lipinski definition) is 4. The number of aliphatic hydroxyl groups is 1. The molecule has 6 nitrogen and oxygen atoms in total. The lowest BCUT2D eigenvalue weighted by Gasteiger charge is -2.37. The van der Waals surface area contributed by atoms with Crippen molar-refractivity contribution < 1.29 is 19.4 Å². The van der Waals surface area contributed by atoms with E-state index in [0.717, 1.165) is 42.5 Å². The molecule has 1 amide bonds. The minimum atomic E-state index is -0.0356. The Hall–Kier alpha value is -1.66. The number of carbonyl (C=O) groups excluding carboxylic acids is 2. The second-order valence-electron chi connectivity index (χ2n) is 7.25. The van der Waals surface area contributed by atoms with Gasteiger partial charge in [-0.05, 0) is 44.1 Å². The molecule has 2 fully saturated rings. The summed E-state index contributed by atoms with van der Waals surface area (Å²) in [6.45, 7) is 3.11. The first-order valence-electron chi connectivity index (χ1n) is 8.88. The van der Waals surface area contributed by atoms with Gasteiger partial charge < -0.3 is 19.7 Å². The third kappa shape index (κ3) is 2.40. The number of carbonyl (C=O) groups is 2. The van der Waals surface area contributed by atoms with Crippen molar-refractivity contribution in [1.29, 1.82) is 0 Å². The van der Waals surface area contributed by atoms with Crippen LogP contribution < -0.4 is 0 Å². The van der Waals surface area contributed by atoms with Gasteiger partial charge in [0.1, 0.15) is 5.69 Å². The van der Waals surface area contributed by atoms with Gasteiger partial charge in [0.25, 0.3) is 5.91 Å². The molecule has 0 aromatic carbocycles. The van der Waals surface area contributed by atoms with Crippen molar-refractivity contribution in [3.8, 4) is 0 Å². The molecule has 0 bridgehead atoms. The largest absolute Gasteiger partial charge is 0.396 e. The van der Waals surface area contributed by atoms with E-state index < -0.39 is 0 Å². The zero-order valence-corrected chi connectivity index (χ0v) is 14.0. The summed E-state index contributed by atoms with van der Waals surface area (Å²) in [5, 5.41) is 9.44. The topological polar surface area (TPSA) is 82.6 Å². The molecule has 6 heteroatoms. The quantitative estimate of drug-likeness (QED) is 0.859. The van der Waals surface area contributed by atoms with E-state index in [9.17, 15) is 14.7 Å². The molecule has 2 heterocycles. The third-order valence-electron chi connectivity index (χ3n) is 5.80. The number of aromatic amines is 1. The summed E-state index contributed by atoms with van der Waals surface area (Å²) >= 11 is 0. The summed E-state index contributed by atoms with van der Waals surface area (Å²) in [7, 11) is 0. The number of nitrogens with zero attached hydrogens (tertiary/aromatic N) is 1. The predicted octanol–water partition coefficient (Wildman–Crippen LogP) is 1.45. The maximum atomic E-state index is 13.1. The fraction of sp³-hybridized carbons (Fsp3) is 0.667. The average molecular weight is 332 g/mol. The highest BCUT2D eigenvalue weighted by atomic mass is 16.5. The van der Waals surface area contributed by atoms with E-state index in [1.807, 2.05) is 11.8 Å². The van der Waals surface area contributed by atoms with Gasteiger partial charge in [0, 0.05) is 30.8 Å². The number of ketones is 1. The molecule has 2 aliphatic carbocycles. The standard InChI is InChI=1S/C18H24N2O4/c1-10-16-12(3-2-4-14(16)22)19-17(10)18(23)20-5-6-24-15-8-11(9-21)7-13(15)20/h11,13,15,19,21H,2-9H2,1H3/t11-,13+,15+/m1/s1. The number of hydrogen-bond donors (Lipinski definition) is 2. The van der Waals surface area contributed by atoms with Crippen LogP contribution in [0.5, 0.6) is 0 Å². The molecule has 1 aromatic heterocycles. The Labute approximate surface area is 141 Å². The summed E-state index contributed by atoms with van der Waals surface area (Å²) in [6, 6.07) is 0.0267. The number of Topliss-reactive ketones (excluding diaryl/α,β-unsaturated/α-hetero) is 1. The molecular weight excluding hydrogens is 308 g/mol. The number of aromatic nitrogens is 1. The van der Waals surface area contributed by atoms with E-state index in [2.05, 4.69) is 4.98 Å². The lowest BCUT2D eigenvalue weighted by Crippen LogP contribution is -2.51. The smallest absolute Gasteiger partial charge is 0.270 e. The first-order chi connectivity index (χ1) is 11.6. The second kappa shape index (κ2) is 6.01. The van der Waals surface area contributed by atoms with Crippen LogP contribution in [0.15, 0.2) is 0 Å². The fourth-order valence-electron chi connectivity index (χ4n) is 4.58. The molecule has 2 N–H and O–H groups in total. The Kier molecular flexibility index (Phi) is 3.96. The van der Waals surface area contributed by atoms with Gasteiger partial charge in [-0.1, -0.05) is 0 Å².